The Bertz CT molecular complexity index is 3820. The topological polar surface area (TPSA) is 43.4 Å². The summed E-state index contributed by atoms with van der Waals surface area (Å²) in [6.07, 6.45) is 11.6. The molecule has 0 aliphatic heterocycles. The van der Waals surface area contributed by atoms with E-state index in [1.54, 1.807) is 0 Å². The number of allylic oxidation sites excluding steroid dienone is 8. The van der Waals surface area contributed by atoms with Crippen LogP contribution in [0.2, 0.25) is 0 Å². The lowest BCUT2D eigenvalue weighted by molar-refractivity contribution is -0.109. The molecule has 0 radical (unpaired) electrons. The molecule has 3 nitrogen and oxygen atoms in total. The van der Waals surface area contributed by atoms with Crippen molar-refractivity contribution in [2.45, 2.75) is 0 Å². The summed E-state index contributed by atoms with van der Waals surface area (Å²) in [6, 6.07) is 88.4. The summed E-state index contributed by atoms with van der Waals surface area (Å²) in [5.41, 5.74) is 18.5. The summed E-state index contributed by atoms with van der Waals surface area (Å²) < 4.78 is 6.61. The van der Waals surface area contributed by atoms with Crippen LogP contribution in [0.5, 0.6) is 11.5 Å². The largest absolute Gasteiger partial charge is 0.457 e. The highest BCUT2D eigenvalue weighted by Gasteiger charge is 2.37. The second-order valence-corrected chi connectivity index (χ2v) is 18.9. The Kier molecular flexibility index (Phi) is 12.8. The number of carbonyl (C=O) groups excluding carboxylic acids is 2. The number of ketones is 2. The Balaban J connectivity index is 0.926. The molecule has 0 amide bonds. The molecule has 0 saturated carbocycles. The molecule has 0 heterocycles. The van der Waals surface area contributed by atoms with Crippen LogP contribution in [0.1, 0.15) is 55.6 Å². The number of hydrogen-bond acceptors (Lipinski definition) is 3. The molecule has 0 unspecified atom stereocenters. The van der Waals surface area contributed by atoms with Crippen LogP contribution in [-0.2, 0) is 9.59 Å². The first-order valence-electron chi connectivity index (χ1n) is 25.5. The third-order valence-corrected chi connectivity index (χ3v) is 14.3. The number of hydrogen-bond donors (Lipinski definition) is 0. The van der Waals surface area contributed by atoms with Gasteiger partial charge in [-0.15, -0.1) is 12.8 Å². The Morgan fingerprint density at radius 1 is 0.221 bits per heavy atom. The highest BCUT2D eigenvalue weighted by atomic mass is 16.5. The van der Waals surface area contributed by atoms with Gasteiger partial charge in [-0.25, -0.2) is 0 Å². The maximum atomic E-state index is 15.1. The molecule has 12 rings (SSSR count). The van der Waals surface area contributed by atoms with Gasteiger partial charge in [-0.05, 0) is 115 Å². The monoisotopic (exact) mass is 982 g/mol. The Morgan fingerprint density at radius 3 is 0.688 bits per heavy atom. The van der Waals surface area contributed by atoms with Crippen molar-refractivity contribution in [3.05, 3.63) is 323 Å². The van der Waals surface area contributed by atoms with Crippen molar-refractivity contribution in [2.24, 2.45) is 0 Å². The summed E-state index contributed by atoms with van der Waals surface area (Å²) >= 11 is 0. The zero-order chi connectivity index (χ0) is 52.2. The van der Waals surface area contributed by atoms with Crippen LogP contribution in [-0.4, -0.2) is 11.6 Å². The number of terminal acetylenes is 2. The summed E-state index contributed by atoms with van der Waals surface area (Å²) in [6.45, 7) is 0. The smallest absolute Gasteiger partial charge is 0.195 e. The molecule has 0 N–H and O–H groups in total. The fraction of sp³-hybridized carbons (Fsp3) is 0. The molecule has 2 aliphatic rings. The van der Waals surface area contributed by atoms with E-state index in [0.717, 1.165) is 100 Å². The van der Waals surface area contributed by atoms with E-state index in [4.69, 9.17) is 17.6 Å². The number of ether oxygens (including phenoxy) is 1. The second-order valence-electron chi connectivity index (χ2n) is 18.9. The van der Waals surface area contributed by atoms with Crippen LogP contribution in [0.3, 0.4) is 0 Å². The SMILES string of the molecule is C#Cc1ccc(C2=C(c3ccc(-c4ccccc4)cc3)C(c3ccc(Oc4ccc(C5=C(c6ccccc6)C(=O)C(c6ccc(C#C)cc6)=C5c5ccc(-c6ccccc6)cc5)cc4)cc3)=C(c3ccccc3)C2=O)cc1. The quantitative estimate of drug-likeness (QED) is 0.115. The van der Waals surface area contributed by atoms with Crippen LogP contribution >= 0.6 is 0 Å². The van der Waals surface area contributed by atoms with Crippen molar-refractivity contribution >= 4 is 56.2 Å². The van der Waals surface area contributed by atoms with Gasteiger partial charge in [0.05, 0.1) is 0 Å². The minimum absolute atomic E-state index is 0.0622. The normalized spacial score (nSPS) is 13.3. The van der Waals surface area contributed by atoms with Crippen LogP contribution in [0.15, 0.2) is 267 Å². The van der Waals surface area contributed by atoms with Gasteiger partial charge >= 0.3 is 0 Å². The predicted octanol–water partition coefficient (Wildman–Crippen LogP) is 17.0. The van der Waals surface area contributed by atoms with Gasteiger partial charge in [-0.1, -0.05) is 230 Å². The molecule has 0 atom stereocenters. The van der Waals surface area contributed by atoms with Gasteiger partial charge in [0.25, 0.3) is 0 Å². The van der Waals surface area contributed by atoms with Gasteiger partial charge in [-0.2, -0.15) is 0 Å². The molecule has 2 aliphatic carbocycles. The lowest BCUT2D eigenvalue weighted by Gasteiger charge is -2.16. The van der Waals surface area contributed by atoms with E-state index in [1.165, 1.54) is 0 Å². The van der Waals surface area contributed by atoms with Gasteiger partial charge in [0, 0.05) is 55.7 Å². The summed E-state index contributed by atoms with van der Waals surface area (Å²) in [5, 5.41) is 0. The molecule has 3 heteroatoms. The van der Waals surface area contributed by atoms with Crippen molar-refractivity contribution in [1.82, 2.24) is 0 Å². The fourth-order valence-corrected chi connectivity index (χ4v) is 10.6. The first kappa shape index (κ1) is 47.4. The second kappa shape index (κ2) is 20.7. The van der Waals surface area contributed by atoms with Crippen LogP contribution in [0.25, 0.3) is 66.8 Å². The van der Waals surface area contributed by atoms with Crippen molar-refractivity contribution in [2.75, 3.05) is 0 Å². The van der Waals surface area contributed by atoms with Gasteiger partial charge in [0.2, 0.25) is 0 Å². The summed E-state index contributed by atoms with van der Waals surface area (Å²) in [5.74, 6) is 6.55. The highest BCUT2D eigenvalue weighted by Crippen LogP contribution is 2.52. The number of Topliss-reactive ketones (excluding diaryl/α,β-unsaturated/α-hetero) is 2. The van der Waals surface area contributed by atoms with E-state index in [-0.39, 0.29) is 11.6 Å². The van der Waals surface area contributed by atoms with E-state index < -0.39 is 0 Å². The van der Waals surface area contributed by atoms with Gasteiger partial charge < -0.3 is 4.74 Å². The fourth-order valence-electron chi connectivity index (χ4n) is 10.6. The first-order chi connectivity index (χ1) is 37.9. The molecule has 10 aromatic rings. The lowest BCUT2D eigenvalue weighted by Crippen LogP contribution is -2.02. The van der Waals surface area contributed by atoms with Crippen molar-refractivity contribution < 1.29 is 14.3 Å². The molecule has 0 spiro atoms. The molecule has 360 valence electrons. The number of benzene rings is 10. The third-order valence-electron chi connectivity index (χ3n) is 14.3. The molecule has 0 aromatic heterocycles. The van der Waals surface area contributed by atoms with Crippen LogP contribution in [0, 0.1) is 24.7 Å². The summed E-state index contributed by atoms with van der Waals surface area (Å²) in [4.78, 5) is 30.3. The summed E-state index contributed by atoms with van der Waals surface area (Å²) in [7, 11) is 0. The molecular weight excluding hydrogens is 937 g/mol. The van der Waals surface area contributed by atoms with Gasteiger partial charge in [-0.3, -0.25) is 9.59 Å². The molecule has 77 heavy (non-hydrogen) atoms. The third kappa shape index (κ3) is 9.17. The van der Waals surface area contributed by atoms with Crippen molar-refractivity contribution in [3.8, 4) is 58.4 Å². The van der Waals surface area contributed by atoms with E-state index in [0.29, 0.717) is 33.8 Å². The zero-order valence-corrected chi connectivity index (χ0v) is 41.8. The van der Waals surface area contributed by atoms with Crippen LogP contribution < -0.4 is 4.74 Å². The molecule has 0 saturated heterocycles. The van der Waals surface area contributed by atoms with Gasteiger partial charge in [0.1, 0.15) is 11.5 Å². The average Bonchev–Trinajstić information content (AvgIpc) is 4.02. The first-order valence-corrected chi connectivity index (χ1v) is 25.5. The maximum Gasteiger partial charge on any atom is 0.195 e. The van der Waals surface area contributed by atoms with Crippen molar-refractivity contribution in [1.29, 1.82) is 0 Å². The molecular formula is C74H46O3. The highest BCUT2D eigenvalue weighted by molar-refractivity contribution is 6.60. The Morgan fingerprint density at radius 2 is 0.416 bits per heavy atom. The van der Waals surface area contributed by atoms with Crippen LogP contribution in [0.4, 0.5) is 0 Å². The predicted molar refractivity (Wildman–Crippen MR) is 316 cm³/mol. The lowest BCUT2D eigenvalue weighted by atomic mass is 9.88. The standard InChI is InChI=1S/C74H46O3/c1-3-49-25-29-61(30-26-49)71-65(57-37-33-53(34-38-57)51-17-9-5-10-18-51)67(69(73(71)75)55-21-13-7-14-22-55)59-41-45-63(46-42-59)77-64-47-43-60(44-48-64)68-66(58-39-35-54(36-40-58)52-19-11-6-12-20-52)72(62-31-27-50(4-2)28-32-62)74(76)70(68)56-23-15-8-16-24-56/h1-2,5-48H. The Labute approximate surface area is 449 Å². The zero-order valence-electron chi connectivity index (χ0n) is 41.8. The van der Waals surface area contributed by atoms with Gasteiger partial charge in [0.15, 0.2) is 11.6 Å². The minimum atomic E-state index is -0.0622. The Hall–Kier alpha value is -10.6. The maximum absolute atomic E-state index is 15.1. The van der Waals surface area contributed by atoms with E-state index >= 15 is 9.59 Å². The van der Waals surface area contributed by atoms with E-state index in [1.807, 2.05) is 194 Å². The minimum Gasteiger partial charge on any atom is -0.457 e. The average molecular weight is 983 g/mol. The molecule has 10 aromatic carbocycles. The molecule has 0 fully saturated rings. The molecule has 0 bridgehead atoms. The number of rotatable bonds is 12. The van der Waals surface area contributed by atoms with E-state index in [2.05, 4.69) is 84.6 Å². The van der Waals surface area contributed by atoms with Crippen molar-refractivity contribution in [3.63, 3.8) is 0 Å². The van der Waals surface area contributed by atoms with E-state index in [9.17, 15) is 0 Å². The number of carbonyl (C=O) groups is 2.